The zero-order valence-corrected chi connectivity index (χ0v) is 17.4. The number of hydrogen-bond acceptors (Lipinski definition) is 4. The van der Waals surface area contributed by atoms with E-state index in [0.29, 0.717) is 26.8 Å². The zero-order valence-electron chi connectivity index (χ0n) is 15.9. The second-order valence-corrected chi connectivity index (χ2v) is 7.60. The van der Waals surface area contributed by atoms with Crippen molar-refractivity contribution in [2.24, 2.45) is 0 Å². The normalized spacial score (nSPS) is 12.0. The first-order valence-corrected chi connectivity index (χ1v) is 9.98. The molecule has 4 aromatic rings. The number of halogens is 2. The number of hydrogen-bond donors (Lipinski definition) is 0. The van der Waals surface area contributed by atoms with E-state index in [4.69, 9.17) is 32.4 Å². The lowest BCUT2D eigenvalue weighted by Crippen LogP contribution is -2.26. The van der Waals surface area contributed by atoms with Crippen molar-refractivity contribution in [3.63, 3.8) is 0 Å². The van der Waals surface area contributed by atoms with Crippen LogP contribution in [0.2, 0.25) is 10.0 Å². The van der Waals surface area contributed by atoms with Crippen LogP contribution in [0.4, 0.5) is 0 Å². The summed E-state index contributed by atoms with van der Waals surface area (Å²) in [5.41, 5.74) is 1.05. The summed E-state index contributed by atoms with van der Waals surface area (Å²) in [6.45, 7) is 1.60. The van der Waals surface area contributed by atoms with E-state index < -0.39 is 11.5 Å². The Hall–Kier alpha value is -3.08. The topological polar surface area (TPSA) is 56.5 Å². The Morgan fingerprint density at radius 2 is 1.60 bits per heavy atom. The van der Waals surface area contributed by atoms with Gasteiger partial charge in [-0.2, -0.15) is 0 Å². The number of fused-ring (bicyclic) bond motifs is 1. The van der Waals surface area contributed by atoms with Gasteiger partial charge in [-0.1, -0.05) is 53.5 Å². The third-order valence-electron chi connectivity index (χ3n) is 4.64. The number of Topliss-reactive ketones (excluding diaryl/α,β-unsaturated/α-hetero) is 1. The van der Waals surface area contributed by atoms with Crippen LogP contribution >= 0.6 is 23.2 Å². The Bertz CT molecular complexity index is 1280. The number of carbonyl (C=O) groups excluding carboxylic acids is 1. The van der Waals surface area contributed by atoms with E-state index >= 15 is 0 Å². The fourth-order valence-corrected chi connectivity index (χ4v) is 3.41. The maximum atomic E-state index is 13.3. The van der Waals surface area contributed by atoms with Crippen LogP contribution in [-0.4, -0.2) is 11.9 Å². The molecule has 0 aliphatic rings. The molecule has 3 aromatic carbocycles. The molecule has 30 heavy (non-hydrogen) atoms. The third kappa shape index (κ3) is 3.97. The number of ether oxygens (including phenoxy) is 1. The Balaban J connectivity index is 1.85. The highest BCUT2D eigenvalue weighted by molar-refractivity contribution is 6.31. The first-order chi connectivity index (χ1) is 14.4. The highest BCUT2D eigenvalue weighted by atomic mass is 35.5. The molecular formula is C24H16Cl2O4. The quantitative estimate of drug-likeness (QED) is 0.337. The monoisotopic (exact) mass is 438 g/mol. The van der Waals surface area contributed by atoms with Gasteiger partial charge in [0.25, 0.3) is 0 Å². The lowest BCUT2D eigenvalue weighted by Gasteiger charge is -2.16. The number of carbonyl (C=O) groups is 1. The van der Waals surface area contributed by atoms with Crippen molar-refractivity contribution >= 4 is 40.0 Å². The predicted molar refractivity (Wildman–Crippen MR) is 119 cm³/mol. The van der Waals surface area contributed by atoms with Crippen molar-refractivity contribution < 1.29 is 13.9 Å². The van der Waals surface area contributed by atoms with Gasteiger partial charge in [0, 0.05) is 21.2 Å². The maximum absolute atomic E-state index is 13.3. The molecule has 4 rings (SSSR count). The van der Waals surface area contributed by atoms with E-state index in [1.165, 1.54) is 6.07 Å². The van der Waals surface area contributed by atoms with Gasteiger partial charge in [0.1, 0.15) is 5.58 Å². The smallest absolute Gasteiger partial charge is 0.235 e. The van der Waals surface area contributed by atoms with Crippen molar-refractivity contribution in [3.8, 4) is 17.1 Å². The Morgan fingerprint density at radius 1 is 0.933 bits per heavy atom. The van der Waals surface area contributed by atoms with Crippen LogP contribution in [0, 0.1) is 0 Å². The van der Waals surface area contributed by atoms with Crippen molar-refractivity contribution in [1.82, 2.24) is 0 Å². The molecule has 0 bridgehead atoms. The molecule has 1 heterocycles. The van der Waals surface area contributed by atoms with Gasteiger partial charge < -0.3 is 9.15 Å². The van der Waals surface area contributed by atoms with Gasteiger partial charge in [0.15, 0.2) is 11.9 Å². The van der Waals surface area contributed by atoms with Crippen LogP contribution in [0.5, 0.6) is 5.75 Å². The van der Waals surface area contributed by atoms with Gasteiger partial charge in [0.05, 0.1) is 5.39 Å². The average molecular weight is 439 g/mol. The summed E-state index contributed by atoms with van der Waals surface area (Å²) in [5.74, 6) is -0.0775. The predicted octanol–water partition coefficient (Wildman–Crippen LogP) is 6.42. The lowest BCUT2D eigenvalue weighted by molar-refractivity contribution is 0.0815. The van der Waals surface area contributed by atoms with Gasteiger partial charge in [-0.3, -0.25) is 9.59 Å². The van der Waals surface area contributed by atoms with Gasteiger partial charge in [-0.25, -0.2) is 0 Å². The molecule has 0 aliphatic carbocycles. The minimum atomic E-state index is -0.905. The lowest BCUT2D eigenvalue weighted by atomic mass is 10.1. The summed E-state index contributed by atoms with van der Waals surface area (Å²) in [4.78, 5) is 26.0. The molecule has 6 heteroatoms. The van der Waals surface area contributed by atoms with Gasteiger partial charge in [0.2, 0.25) is 17.0 Å². The molecule has 150 valence electrons. The summed E-state index contributed by atoms with van der Waals surface area (Å²) >= 11 is 12.1. The Morgan fingerprint density at radius 3 is 2.30 bits per heavy atom. The van der Waals surface area contributed by atoms with Gasteiger partial charge in [-0.15, -0.1) is 0 Å². The van der Waals surface area contributed by atoms with Crippen molar-refractivity contribution in [2.75, 3.05) is 0 Å². The maximum Gasteiger partial charge on any atom is 0.235 e. The summed E-state index contributed by atoms with van der Waals surface area (Å²) < 4.78 is 11.9. The summed E-state index contributed by atoms with van der Waals surface area (Å²) in [5, 5.41) is 1.21. The third-order valence-corrected chi connectivity index (χ3v) is 5.13. The molecule has 1 aromatic heterocycles. The Labute approximate surface area is 182 Å². The van der Waals surface area contributed by atoms with E-state index in [-0.39, 0.29) is 22.7 Å². The highest BCUT2D eigenvalue weighted by Gasteiger charge is 2.24. The molecule has 0 N–H and O–H groups in total. The van der Waals surface area contributed by atoms with Crippen LogP contribution < -0.4 is 10.2 Å². The van der Waals surface area contributed by atoms with Crippen LogP contribution in [0.3, 0.4) is 0 Å². The number of rotatable bonds is 5. The van der Waals surface area contributed by atoms with Crippen LogP contribution in [0.25, 0.3) is 22.3 Å². The largest absolute Gasteiger partial charge is 0.475 e. The van der Waals surface area contributed by atoms with E-state index in [1.807, 2.05) is 6.07 Å². The average Bonchev–Trinajstić information content (AvgIpc) is 2.76. The second-order valence-electron chi connectivity index (χ2n) is 6.73. The second kappa shape index (κ2) is 8.34. The fraction of sp³-hybridized carbons (Fsp3) is 0.0833. The first kappa shape index (κ1) is 20.2. The van der Waals surface area contributed by atoms with Crippen molar-refractivity contribution in [1.29, 1.82) is 0 Å². The standard InChI is InChI=1S/C24H16Cl2O4/c1-14(21(27)15-5-3-2-4-6-15)29-24-22(28)19-13-18(26)11-12-20(19)30-23(24)16-7-9-17(25)10-8-16/h2-14H,1H3. The highest BCUT2D eigenvalue weighted by Crippen LogP contribution is 2.33. The minimum absolute atomic E-state index is 0.0520. The fourth-order valence-electron chi connectivity index (χ4n) is 3.12. The number of ketones is 1. The molecule has 1 unspecified atom stereocenters. The van der Waals surface area contributed by atoms with E-state index in [1.54, 1.807) is 67.6 Å². The van der Waals surface area contributed by atoms with E-state index in [9.17, 15) is 9.59 Å². The summed E-state index contributed by atoms with van der Waals surface area (Å²) in [6.07, 6.45) is -0.905. The SMILES string of the molecule is CC(Oc1c(-c2ccc(Cl)cc2)oc2ccc(Cl)cc2c1=O)C(=O)c1ccccc1. The Kier molecular flexibility index (Phi) is 5.62. The molecule has 0 fully saturated rings. The minimum Gasteiger partial charge on any atom is -0.475 e. The van der Waals surface area contributed by atoms with Gasteiger partial charge in [-0.05, 0) is 49.4 Å². The first-order valence-electron chi connectivity index (χ1n) is 9.22. The molecule has 0 radical (unpaired) electrons. The van der Waals surface area contributed by atoms with Gasteiger partial charge >= 0.3 is 0 Å². The molecule has 1 atom stereocenters. The molecule has 0 saturated heterocycles. The zero-order chi connectivity index (χ0) is 21.3. The van der Waals surface area contributed by atoms with Crippen LogP contribution in [-0.2, 0) is 0 Å². The van der Waals surface area contributed by atoms with E-state index in [0.717, 1.165) is 0 Å². The summed E-state index contributed by atoms with van der Waals surface area (Å²) in [7, 11) is 0. The van der Waals surface area contributed by atoms with E-state index in [2.05, 4.69) is 0 Å². The molecular weight excluding hydrogens is 423 g/mol. The van der Waals surface area contributed by atoms with Crippen LogP contribution in [0.15, 0.2) is 82.0 Å². The number of benzene rings is 3. The molecule has 4 nitrogen and oxygen atoms in total. The van der Waals surface area contributed by atoms with Crippen LogP contribution in [0.1, 0.15) is 17.3 Å². The molecule has 0 spiro atoms. The molecule has 0 amide bonds. The van der Waals surface area contributed by atoms with Crippen molar-refractivity contribution in [3.05, 3.63) is 98.6 Å². The summed E-state index contributed by atoms with van der Waals surface area (Å²) in [6, 6.07) is 20.4. The molecule has 0 aliphatic heterocycles. The molecule has 0 saturated carbocycles. The van der Waals surface area contributed by atoms with Crippen molar-refractivity contribution in [2.45, 2.75) is 13.0 Å².